The summed E-state index contributed by atoms with van der Waals surface area (Å²) in [6.07, 6.45) is 2.88. The Morgan fingerprint density at radius 2 is 1.89 bits per heavy atom. The second-order valence-corrected chi connectivity index (χ2v) is 7.15. The van der Waals surface area contributed by atoms with Gasteiger partial charge >= 0.3 is 6.09 Å². The van der Waals surface area contributed by atoms with Crippen molar-refractivity contribution in [3.63, 3.8) is 0 Å². The van der Waals surface area contributed by atoms with Crippen molar-refractivity contribution in [2.45, 2.75) is 18.9 Å². The zero-order chi connectivity index (χ0) is 19.2. The molecule has 1 fully saturated rings. The lowest BCUT2D eigenvalue weighted by atomic mass is 10.0. The van der Waals surface area contributed by atoms with Crippen LogP contribution < -0.4 is 10.6 Å². The third-order valence-corrected chi connectivity index (χ3v) is 4.95. The molecule has 0 aliphatic carbocycles. The molecule has 2 N–H and O–H groups in total. The molecule has 142 valence electrons. The van der Waals surface area contributed by atoms with Crippen molar-refractivity contribution in [2.24, 2.45) is 0 Å². The summed E-state index contributed by atoms with van der Waals surface area (Å²) in [4.78, 5) is 30.3. The number of amides is 2. The Bertz CT molecular complexity index is 805. The standard InChI is InChI=1S/C19H21BrN4O3/c1-27-19(26)24-11-8-15(9-12-24)22-17-16(3-2-10-21-17)18(25)23-14-6-4-13(20)5-7-14/h2-7,10,15H,8-9,11-12H2,1H3,(H,21,22)(H,23,25). The van der Waals surface area contributed by atoms with Gasteiger partial charge in [-0.15, -0.1) is 0 Å². The smallest absolute Gasteiger partial charge is 0.409 e. The first-order valence-corrected chi connectivity index (χ1v) is 9.47. The number of aromatic nitrogens is 1. The third kappa shape index (κ3) is 4.97. The van der Waals surface area contributed by atoms with Gasteiger partial charge in [0.25, 0.3) is 5.91 Å². The Morgan fingerprint density at radius 3 is 2.56 bits per heavy atom. The first-order valence-electron chi connectivity index (χ1n) is 8.68. The number of likely N-dealkylation sites (tertiary alicyclic amines) is 1. The SMILES string of the molecule is COC(=O)N1CCC(Nc2ncccc2C(=O)Nc2ccc(Br)cc2)CC1. The number of anilines is 2. The van der Waals surface area contributed by atoms with E-state index in [1.807, 2.05) is 24.3 Å². The van der Waals surface area contributed by atoms with Crippen molar-refractivity contribution in [3.05, 3.63) is 52.6 Å². The van der Waals surface area contributed by atoms with Gasteiger partial charge in [-0.2, -0.15) is 0 Å². The molecular weight excluding hydrogens is 412 g/mol. The first-order chi connectivity index (χ1) is 13.1. The van der Waals surface area contributed by atoms with Crippen molar-refractivity contribution in [1.82, 2.24) is 9.88 Å². The number of hydrogen-bond donors (Lipinski definition) is 2. The quantitative estimate of drug-likeness (QED) is 0.768. The highest BCUT2D eigenvalue weighted by molar-refractivity contribution is 9.10. The highest BCUT2D eigenvalue weighted by atomic mass is 79.9. The van der Waals surface area contributed by atoms with Crippen molar-refractivity contribution < 1.29 is 14.3 Å². The summed E-state index contributed by atoms with van der Waals surface area (Å²) >= 11 is 3.38. The van der Waals surface area contributed by atoms with Crippen LogP contribution in [0.4, 0.5) is 16.3 Å². The number of halogens is 1. The molecule has 2 aromatic rings. The fourth-order valence-corrected chi connectivity index (χ4v) is 3.23. The number of pyridine rings is 1. The fourth-order valence-electron chi connectivity index (χ4n) is 2.96. The molecule has 0 unspecified atom stereocenters. The summed E-state index contributed by atoms with van der Waals surface area (Å²) in [6.45, 7) is 1.22. The largest absolute Gasteiger partial charge is 0.453 e. The summed E-state index contributed by atoms with van der Waals surface area (Å²) in [7, 11) is 1.39. The molecule has 8 heteroatoms. The second-order valence-electron chi connectivity index (χ2n) is 6.24. The molecule has 3 rings (SSSR count). The van der Waals surface area contributed by atoms with Crippen molar-refractivity contribution >= 4 is 39.4 Å². The van der Waals surface area contributed by atoms with Crippen LogP contribution in [0.25, 0.3) is 0 Å². The van der Waals surface area contributed by atoms with Crippen molar-refractivity contribution in [3.8, 4) is 0 Å². The number of benzene rings is 1. The summed E-state index contributed by atoms with van der Waals surface area (Å²) < 4.78 is 5.70. The number of ether oxygens (including phenoxy) is 1. The van der Waals surface area contributed by atoms with E-state index in [1.165, 1.54) is 7.11 Å². The van der Waals surface area contributed by atoms with Crippen LogP contribution in [-0.2, 0) is 4.74 Å². The summed E-state index contributed by atoms with van der Waals surface area (Å²) in [5.41, 5.74) is 1.19. The van der Waals surface area contributed by atoms with E-state index in [0.717, 1.165) is 17.3 Å². The molecule has 1 aromatic heterocycles. The van der Waals surface area contributed by atoms with Gasteiger partial charge in [0.15, 0.2) is 0 Å². The number of nitrogens with one attached hydrogen (secondary N) is 2. The molecule has 0 spiro atoms. The zero-order valence-electron chi connectivity index (χ0n) is 14.9. The van der Waals surface area contributed by atoms with Crippen LogP contribution in [0.2, 0.25) is 0 Å². The first kappa shape index (κ1) is 19.2. The maximum atomic E-state index is 12.7. The normalized spacial score (nSPS) is 14.5. The number of carbonyl (C=O) groups excluding carboxylic acids is 2. The average molecular weight is 433 g/mol. The zero-order valence-corrected chi connectivity index (χ0v) is 16.5. The van der Waals surface area contributed by atoms with Crippen LogP contribution in [0.15, 0.2) is 47.1 Å². The number of methoxy groups -OCH3 is 1. The minimum Gasteiger partial charge on any atom is -0.453 e. The number of hydrogen-bond acceptors (Lipinski definition) is 5. The van der Waals surface area contributed by atoms with E-state index in [2.05, 4.69) is 31.5 Å². The van der Waals surface area contributed by atoms with E-state index in [4.69, 9.17) is 4.74 Å². The molecule has 0 radical (unpaired) electrons. The third-order valence-electron chi connectivity index (χ3n) is 4.42. The maximum absolute atomic E-state index is 12.7. The van der Waals surface area contributed by atoms with E-state index < -0.39 is 0 Å². The lowest BCUT2D eigenvalue weighted by molar-refractivity contribution is 0.102. The molecule has 2 amide bonds. The number of nitrogens with zero attached hydrogens (tertiary/aromatic N) is 2. The van der Waals surface area contributed by atoms with Gasteiger partial charge in [-0.3, -0.25) is 4.79 Å². The highest BCUT2D eigenvalue weighted by Crippen LogP contribution is 2.21. The predicted molar refractivity (Wildman–Crippen MR) is 107 cm³/mol. The molecule has 1 aliphatic heterocycles. The molecule has 1 aromatic carbocycles. The van der Waals surface area contributed by atoms with Gasteiger partial charge in [0, 0.05) is 35.5 Å². The lowest BCUT2D eigenvalue weighted by Gasteiger charge is -2.31. The minimum atomic E-state index is -0.305. The fraction of sp³-hybridized carbons (Fsp3) is 0.316. The molecular formula is C19H21BrN4O3. The summed E-state index contributed by atoms with van der Waals surface area (Å²) in [5, 5.41) is 6.23. The summed E-state index contributed by atoms with van der Waals surface area (Å²) in [5.74, 6) is 0.323. The molecule has 27 heavy (non-hydrogen) atoms. The van der Waals surface area contributed by atoms with Gasteiger partial charge in [-0.05, 0) is 49.2 Å². The topological polar surface area (TPSA) is 83.6 Å². The van der Waals surface area contributed by atoms with Crippen molar-refractivity contribution in [1.29, 1.82) is 0 Å². The van der Waals surface area contributed by atoms with Crippen LogP contribution in [0.3, 0.4) is 0 Å². The molecule has 1 saturated heterocycles. The highest BCUT2D eigenvalue weighted by Gasteiger charge is 2.24. The lowest BCUT2D eigenvalue weighted by Crippen LogP contribution is -2.42. The summed E-state index contributed by atoms with van der Waals surface area (Å²) in [6, 6.07) is 11.0. The van der Waals surface area contributed by atoms with E-state index in [1.54, 1.807) is 23.2 Å². The van der Waals surface area contributed by atoms with Gasteiger partial charge in [-0.25, -0.2) is 9.78 Å². The van der Waals surface area contributed by atoms with Gasteiger partial charge < -0.3 is 20.3 Å². The van der Waals surface area contributed by atoms with E-state index in [0.29, 0.717) is 30.2 Å². The molecule has 1 aliphatic rings. The van der Waals surface area contributed by atoms with Crippen LogP contribution in [0, 0.1) is 0 Å². The van der Waals surface area contributed by atoms with E-state index in [9.17, 15) is 9.59 Å². The Hall–Kier alpha value is -2.61. The van der Waals surface area contributed by atoms with E-state index in [-0.39, 0.29) is 18.0 Å². The molecule has 0 bridgehead atoms. The number of rotatable bonds is 4. The molecule has 7 nitrogen and oxygen atoms in total. The Morgan fingerprint density at radius 1 is 1.19 bits per heavy atom. The Balaban J connectivity index is 1.65. The van der Waals surface area contributed by atoms with Gasteiger partial charge in [0.1, 0.15) is 5.82 Å². The molecule has 2 heterocycles. The van der Waals surface area contributed by atoms with Crippen LogP contribution in [-0.4, -0.2) is 48.1 Å². The van der Waals surface area contributed by atoms with Gasteiger partial charge in [-0.1, -0.05) is 15.9 Å². The van der Waals surface area contributed by atoms with Crippen LogP contribution >= 0.6 is 15.9 Å². The Labute approximate surface area is 166 Å². The minimum absolute atomic E-state index is 0.139. The van der Waals surface area contributed by atoms with Crippen LogP contribution in [0.1, 0.15) is 23.2 Å². The average Bonchev–Trinajstić information content (AvgIpc) is 2.70. The molecule has 0 atom stereocenters. The number of piperidine rings is 1. The van der Waals surface area contributed by atoms with E-state index >= 15 is 0 Å². The molecule has 0 saturated carbocycles. The number of carbonyl (C=O) groups is 2. The maximum Gasteiger partial charge on any atom is 0.409 e. The predicted octanol–water partition coefficient (Wildman–Crippen LogP) is 3.74. The second kappa shape index (κ2) is 8.85. The van der Waals surface area contributed by atoms with Crippen molar-refractivity contribution in [2.75, 3.05) is 30.8 Å². The van der Waals surface area contributed by atoms with Gasteiger partial charge in [0.2, 0.25) is 0 Å². The Kier molecular flexibility index (Phi) is 6.28. The van der Waals surface area contributed by atoms with Crippen LogP contribution in [0.5, 0.6) is 0 Å². The monoisotopic (exact) mass is 432 g/mol. The van der Waals surface area contributed by atoms with Gasteiger partial charge in [0.05, 0.1) is 12.7 Å².